The fraction of sp³-hybridized carbons (Fsp3) is 0.200. The van der Waals surface area contributed by atoms with Gasteiger partial charge in [-0.2, -0.15) is 0 Å². The van der Waals surface area contributed by atoms with Gasteiger partial charge in [0.1, 0.15) is 11.3 Å². The molecule has 0 saturated carbocycles. The molecular weight excluding hydrogens is 412 g/mol. The van der Waals surface area contributed by atoms with Crippen molar-refractivity contribution in [2.75, 3.05) is 0 Å². The summed E-state index contributed by atoms with van der Waals surface area (Å²) >= 11 is 6.36. The number of halogens is 1. The van der Waals surface area contributed by atoms with Crippen LogP contribution < -0.4 is 4.74 Å². The van der Waals surface area contributed by atoms with Gasteiger partial charge in [-0.25, -0.2) is 4.98 Å². The summed E-state index contributed by atoms with van der Waals surface area (Å²) in [4.78, 5) is 19.6. The van der Waals surface area contributed by atoms with Gasteiger partial charge in [-0.15, -0.1) is 0 Å². The van der Waals surface area contributed by atoms with E-state index >= 15 is 0 Å². The molecule has 31 heavy (non-hydrogen) atoms. The Morgan fingerprint density at radius 1 is 1.06 bits per heavy atom. The van der Waals surface area contributed by atoms with E-state index in [2.05, 4.69) is 4.98 Å². The van der Waals surface area contributed by atoms with Crippen LogP contribution in [0.25, 0.3) is 11.1 Å². The lowest BCUT2D eigenvalue weighted by atomic mass is 10.2. The van der Waals surface area contributed by atoms with Crippen LogP contribution in [-0.2, 0) is 17.9 Å². The van der Waals surface area contributed by atoms with Gasteiger partial charge in [0.05, 0.1) is 6.54 Å². The number of aromatic nitrogens is 1. The molecule has 0 radical (unpaired) electrons. The molecule has 0 aliphatic carbocycles. The number of carbonyl (C=O) groups excluding carboxylic acids is 1. The third-order valence-electron chi connectivity index (χ3n) is 4.95. The van der Waals surface area contributed by atoms with E-state index in [4.69, 9.17) is 20.8 Å². The Hall–Kier alpha value is -3.31. The van der Waals surface area contributed by atoms with E-state index in [-0.39, 0.29) is 12.5 Å². The Bertz CT molecular complexity index is 1190. The van der Waals surface area contributed by atoms with E-state index in [1.54, 1.807) is 11.8 Å². The van der Waals surface area contributed by atoms with Gasteiger partial charge >= 0.3 is 0 Å². The summed E-state index contributed by atoms with van der Waals surface area (Å²) in [7, 11) is 0. The van der Waals surface area contributed by atoms with E-state index in [9.17, 15) is 4.79 Å². The van der Waals surface area contributed by atoms with E-state index in [1.807, 2.05) is 79.7 Å². The maximum atomic E-state index is 13.3. The molecule has 1 atom stereocenters. The number of benzene rings is 3. The summed E-state index contributed by atoms with van der Waals surface area (Å²) in [5, 5.41) is 0.602. The van der Waals surface area contributed by atoms with Crippen molar-refractivity contribution >= 4 is 28.6 Å². The van der Waals surface area contributed by atoms with Crippen molar-refractivity contribution in [2.24, 2.45) is 0 Å². The topological polar surface area (TPSA) is 55.6 Å². The van der Waals surface area contributed by atoms with E-state index in [0.717, 1.165) is 16.6 Å². The van der Waals surface area contributed by atoms with Crippen molar-refractivity contribution in [1.82, 2.24) is 9.88 Å². The maximum absolute atomic E-state index is 13.3. The van der Waals surface area contributed by atoms with Crippen molar-refractivity contribution in [3.63, 3.8) is 0 Å². The summed E-state index contributed by atoms with van der Waals surface area (Å²) in [5.74, 6) is 0.925. The molecule has 0 aliphatic rings. The highest BCUT2D eigenvalue weighted by Gasteiger charge is 2.25. The number of aryl methyl sites for hydroxylation is 1. The van der Waals surface area contributed by atoms with Crippen LogP contribution in [0, 0.1) is 6.92 Å². The molecule has 3 aromatic carbocycles. The number of hydrogen-bond donors (Lipinski definition) is 0. The van der Waals surface area contributed by atoms with Crippen LogP contribution in [0.15, 0.2) is 77.2 Å². The van der Waals surface area contributed by atoms with Gasteiger partial charge in [0.25, 0.3) is 5.91 Å². The van der Waals surface area contributed by atoms with Crippen LogP contribution in [0.3, 0.4) is 0 Å². The number of ether oxygens (including phenoxy) is 1. The Morgan fingerprint density at radius 3 is 2.58 bits per heavy atom. The quantitative estimate of drug-likeness (QED) is 0.369. The van der Waals surface area contributed by atoms with E-state index < -0.39 is 6.10 Å². The number of hydrogen-bond acceptors (Lipinski definition) is 4. The molecule has 4 rings (SSSR count). The molecule has 0 spiro atoms. The van der Waals surface area contributed by atoms with Gasteiger partial charge in [0.15, 0.2) is 11.7 Å². The van der Waals surface area contributed by atoms with Crippen LogP contribution in [0.4, 0.5) is 0 Å². The first kappa shape index (κ1) is 20.9. The minimum Gasteiger partial charge on any atom is -0.481 e. The summed E-state index contributed by atoms with van der Waals surface area (Å²) in [6.07, 6.45) is -0.684. The average molecular weight is 435 g/mol. The highest BCUT2D eigenvalue weighted by atomic mass is 35.5. The summed E-state index contributed by atoms with van der Waals surface area (Å²) < 4.78 is 11.8. The summed E-state index contributed by atoms with van der Waals surface area (Å²) in [6.45, 7) is 4.27. The van der Waals surface area contributed by atoms with Gasteiger partial charge in [0, 0.05) is 11.6 Å². The molecule has 0 unspecified atom stereocenters. The Morgan fingerprint density at radius 2 is 1.81 bits per heavy atom. The van der Waals surface area contributed by atoms with E-state index in [1.165, 1.54) is 0 Å². The number of amides is 1. The van der Waals surface area contributed by atoms with Crippen LogP contribution in [-0.4, -0.2) is 21.9 Å². The summed E-state index contributed by atoms with van der Waals surface area (Å²) in [6, 6.07) is 22.6. The Labute approximate surface area is 186 Å². The van der Waals surface area contributed by atoms with Crippen molar-refractivity contribution in [2.45, 2.75) is 33.0 Å². The van der Waals surface area contributed by atoms with Crippen LogP contribution in [0.2, 0.25) is 5.02 Å². The zero-order chi connectivity index (χ0) is 21.8. The van der Waals surface area contributed by atoms with E-state index in [0.29, 0.717) is 28.8 Å². The number of rotatable bonds is 7. The van der Waals surface area contributed by atoms with Gasteiger partial charge in [-0.05, 0) is 55.3 Å². The minimum atomic E-state index is -0.684. The summed E-state index contributed by atoms with van der Waals surface area (Å²) in [5.41, 5.74) is 3.41. The second-order valence-corrected chi connectivity index (χ2v) is 7.84. The monoisotopic (exact) mass is 434 g/mol. The fourth-order valence-corrected chi connectivity index (χ4v) is 3.57. The molecule has 0 N–H and O–H groups in total. The number of para-hydroxylation sites is 1. The largest absolute Gasteiger partial charge is 0.481 e. The van der Waals surface area contributed by atoms with Gasteiger partial charge in [-0.3, -0.25) is 4.79 Å². The highest BCUT2D eigenvalue weighted by Crippen LogP contribution is 2.22. The third kappa shape index (κ3) is 5.06. The number of oxazole rings is 1. The maximum Gasteiger partial charge on any atom is 0.264 e. The molecule has 158 valence electrons. The molecule has 0 fully saturated rings. The van der Waals surface area contributed by atoms with Crippen LogP contribution in [0.5, 0.6) is 5.75 Å². The molecule has 6 heteroatoms. The molecule has 1 heterocycles. The first-order valence-electron chi connectivity index (χ1n) is 10.1. The van der Waals surface area contributed by atoms with Gasteiger partial charge in [-0.1, -0.05) is 54.1 Å². The fourth-order valence-electron chi connectivity index (χ4n) is 3.37. The van der Waals surface area contributed by atoms with Gasteiger partial charge < -0.3 is 14.1 Å². The SMILES string of the molecule is Cc1ccc2oc(CN(Cc3ccccc3Cl)C(=O)[C@@H](C)Oc3ccccc3)nc2c1. The molecule has 1 amide bonds. The van der Waals surface area contributed by atoms with Gasteiger partial charge in [0.2, 0.25) is 5.89 Å². The molecule has 1 aromatic heterocycles. The molecule has 5 nitrogen and oxygen atoms in total. The van der Waals surface area contributed by atoms with Crippen molar-refractivity contribution < 1.29 is 13.9 Å². The lowest BCUT2D eigenvalue weighted by Gasteiger charge is -2.25. The first-order chi connectivity index (χ1) is 15.0. The zero-order valence-corrected chi connectivity index (χ0v) is 18.2. The van der Waals surface area contributed by atoms with Crippen molar-refractivity contribution in [3.8, 4) is 5.75 Å². The highest BCUT2D eigenvalue weighted by molar-refractivity contribution is 6.31. The minimum absolute atomic E-state index is 0.179. The zero-order valence-electron chi connectivity index (χ0n) is 17.4. The smallest absolute Gasteiger partial charge is 0.264 e. The molecule has 0 aliphatic heterocycles. The lowest BCUT2D eigenvalue weighted by molar-refractivity contribution is -0.139. The second-order valence-electron chi connectivity index (χ2n) is 7.44. The van der Waals surface area contributed by atoms with Crippen molar-refractivity contribution in [1.29, 1.82) is 0 Å². The normalized spacial score (nSPS) is 12.0. The third-order valence-corrected chi connectivity index (χ3v) is 5.32. The number of carbonyl (C=O) groups is 1. The average Bonchev–Trinajstić information content (AvgIpc) is 3.16. The first-order valence-corrected chi connectivity index (χ1v) is 10.5. The second kappa shape index (κ2) is 9.23. The van der Waals surface area contributed by atoms with Crippen molar-refractivity contribution in [3.05, 3.63) is 94.8 Å². The van der Waals surface area contributed by atoms with Crippen LogP contribution >= 0.6 is 11.6 Å². The number of fused-ring (bicyclic) bond motifs is 1. The standard InChI is InChI=1S/C25H23ClN2O3/c1-17-12-13-23-22(14-17)27-24(31-23)16-28(15-19-8-6-7-11-21(19)26)25(29)18(2)30-20-9-4-3-5-10-20/h3-14,18H,15-16H2,1-2H3/t18-/m1/s1. The molecular formula is C25H23ClN2O3. The predicted molar refractivity (Wildman–Crippen MR) is 121 cm³/mol. The lowest BCUT2D eigenvalue weighted by Crippen LogP contribution is -2.39. The predicted octanol–water partition coefficient (Wildman–Crippen LogP) is 5.79. The Balaban J connectivity index is 1.59. The van der Waals surface area contributed by atoms with Crippen LogP contribution in [0.1, 0.15) is 23.9 Å². The number of nitrogens with zero attached hydrogens (tertiary/aromatic N) is 2. The molecule has 0 bridgehead atoms. The molecule has 4 aromatic rings. The Kier molecular flexibility index (Phi) is 6.23. The molecule has 0 saturated heterocycles.